The topological polar surface area (TPSA) is 45.2 Å². The highest BCUT2D eigenvalue weighted by Crippen LogP contribution is 2.35. The smallest absolute Gasteiger partial charge is 0.231 e. The van der Waals surface area contributed by atoms with Gasteiger partial charge in [-0.25, -0.2) is 0 Å². The van der Waals surface area contributed by atoms with E-state index in [4.69, 9.17) is 11.6 Å². The summed E-state index contributed by atoms with van der Waals surface area (Å²) in [4.78, 5) is 17.1. The summed E-state index contributed by atoms with van der Waals surface area (Å²) in [6.45, 7) is 2.12. The largest absolute Gasteiger partial charge is 0.347 e. The predicted octanol–water partition coefficient (Wildman–Crippen LogP) is 2.22. The molecule has 104 valence electrons. The van der Waals surface area contributed by atoms with E-state index in [1.807, 2.05) is 19.0 Å². The summed E-state index contributed by atoms with van der Waals surface area (Å²) in [6.07, 6.45) is 5.43. The number of piperidine rings is 1. The van der Waals surface area contributed by atoms with E-state index in [0.29, 0.717) is 5.95 Å². The van der Waals surface area contributed by atoms with Gasteiger partial charge in [0.25, 0.3) is 0 Å². The van der Waals surface area contributed by atoms with Crippen molar-refractivity contribution in [2.45, 2.75) is 25.7 Å². The van der Waals surface area contributed by atoms with Crippen LogP contribution in [0.2, 0.25) is 5.28 Å². The third-order valence-electron chi connectivity index (χ3n) is 4.12. The van der Waals surface area contributed by atoms with Crippen LogP contribution in [0.4, 0.5) is 11.9 Å². The van der Waals surface area contributed by atoms with E-state index < -0.39 is 0 Å². The molecule has 2 heterocycles. The van der Waals surface area contributed by atoms with Gasteiger partial charge in [0, 0.05) is 27.2 Å². The first-order valence-corrected chi connectivity index (χ1v) is 7.33. The molecule has 0 aromatic carbocycles. The van der Waals surface area contributed by atoms with Crippen LogP contribution in [0.5, 0.6) is 0 Å². The van der Waals surface area contributed by atoms with Crippen LogP contribution in [0, 0.1) is 11.8 Å². The number of fused-ring (bicyclic) bond motifs is 2. The van der Waals surface area contributed by atoms with E-state index in [0.717, 1.165) is 30.9 Å². The van der Waals surface area contributed by atoms with Gasteiger partial charge in [-0.15, -0.1) is 0 Å². The molecule has 3 rings (SSSR count). The number of anilines is 2. The second-order valence-electron chi connectivity index (χ2n) is 5.90. The highest BCUT2D eigenvalue weighted by molar-refractivity contribution is 6.28. The molecule has 2 unspecified atom stereocenters. The minimum Gasteiger partial charge on any atom is -0.347 e. The maximum absolute atomic E-state index is 6.02. The van der Waals surface area contributed by atoms with Crippen LogP contribution in [0.25, 0.3) is 0 Å². The van der Waals surface area contributed by atoms with E-state index in [-0.39, 0.29) is 5.28 Å². The molecule has 0 amide bonds. The molecule has 5 nitrogen and oxygen atoms in total. The summed E-state index contributed by atoms with van der Waals surface area (Å²) in [7, 11) is 3.83. The molecule has 1 aromatic heterocycles. The van der Waals surface area contributed by atoms with Crippen molar-refractivity contribution in [3.63, 3.8) is 0 Å². The normalized spacial score (nSPS) is 26.4. The van der Waals surface area contributed by atoms with Gasteiger partial charge in [0.1, 0.15) is 0 Å². The second-order valence-corrected chi connectivity index (χ2v) is 6.24. The average Bonchev–Trinajstić information content (AvgIpc) is 2.37. The van der Waals surface area contributed by atoms with Gasteiger partial charge in [-0.2, -0.15) is 15.0 Å². The zero-order valence-electron chi connectivity index (χ0n) is 11.5. The van der Waals surface area contributed by atoms with Crippen molar-refractivity contribution in [1.29, 1.82) is 0 Å². The minimum absolute atomic E-state index is 0.282. The zero-order valence-corrected chi connectivity index (χ0v) is 12.3. The number of hydrogen-bond donors (Lipinski definition) is 0. The van der Waals surface area contributed by atoms with Crippen LogP contribution in [-0.2, 0) is 0 Å². The highest BCUT2D eigenvalue weighted by Gasteiger charge is 2.31. The molecule has 0 spiro atoms. The van der Waals surface area contributed by atoms with Gasteiger partial charge in [-0.05, 0) is 42.7 Å². The highest BCUT2D eigenvalue weighted by atomic mass is 35.5. The fourth-order valence-corrected chi connectivity index (χ4v) is 3.42. The minimum atomic E-state index is 0.282. The lowest BCUT2D eigenvalue weighted by molar-refractivity contribution is 0.229. The molecule has 1 saturated heterocycles. The van der Waals surface area contributed by atoms with Crippen molar-refractivity contribution in [2.75, 3.05) is 37.0 Å². The van der Waals surface area contributed by atoms with E-state index in [9.17, 15) is 0 Å². The molecule has 2 bridgehead atoms. The maximum Gasteiger partial charge on any atom is 0.231 e. The zero-order chi connectivity index (χ0) is 13.4. The van der Waals surface area contributed by atoms with Gasteiger partial charge in [-0.3, -0.25) is 0 Å². The Balaban J connectivity index is 1.85. The Hall–Kier alpha value is -1.10. The number of halogens is 1. The van der Waals surface area contributed by atoms with E-state index in [1.54, 1.807) is 0 Å². The van der Waals surface area contributed by atoms with E-state index in [2.05, 4.69) is 19.9 Å². The average molecular weight is 282 g/mol. The summed E-state index contributed by atoms with van der Waals surface area (Å²) in [5.74, 6) is 2.96. The molecule has 1 aromatic rings. The summed E-state index contributed by atoms with van der Waals surface area (Å²) >= 11 is 6.02. The summed E-state index contributed by atoms with van der Waals surface area (Å²) < 4.78 is 0. The molecule has 0 N–H and O–H groups in total. The number of nitrogens with zero attached hydrogens (tertiary/aromatic N) is 5. The van der Waals surface area contributed by atoms with Crippen LogP contribution < -0.4 is 9.80 Å². The van der Waals surface area contributed by atoms with Gasteiger partial charge in [-0.1, -0.05) is 6.42 Å². The quantitative estimate of drug-likeness (QED) is 0.832. The molecule has 1 aliphatic heterocycles. The van der Waals surface area contributed by atoms with Crippen molar-refractivity contribution in [1.82, 2.24) is 15.0 Å². The van der Waals surface area contributed by atoms with Crippen molar-refractivity contribution < 1.29 is 0 Å². The fourth-order valence-electron chi connectivity index (χ4n) is 3.27. The van der Waals surface area contributed by atoms with E-state index in [1.165, 1.54) is 25.7 Å². The van der Waals surface area contributed by atoms with Crippen molar-refractivity contribution in [3.8, 4) is 0 Å². The Morgan fingerprint density at radius 1 is 1.11 bits per heavy atom. The molecule has 1 aliphatic carbocycles. The molecule has 2 aliphatic rings. The lowest BCUT2D eigenvalue weighted by Gasteiger charge is -2.41. The van der Waals surface area contributed by atoms with Crippen molar-refractivity contribution in [2.24, 2.45) is 11.8 Å². The van der Waals surface area contributed by atoms with Crippen molar-refractivity contribution >= 4 is 23.5 Å². The second kappa shape index (κ2) is 5.12. The van der Waals surface area contributed by atoms with Crippen LogP contribution >= 0.6 is 11.6 Å². The Morgan fingerprint density at radius 3 is 2.42 bits per heavy atom. The van der Waals surface area contributed by atoms with Gasteiger partial charge in [0.2, 0.25) is 17.2 Å². The first-order chi connectivity index (χ1) is 9.11. The SMILES string of the molecule is CN(C)c1nc(Cl)nc(N2CC3CCCC(C3)C2)n1. The molecule has 2 fully saturated rings. The Morgan fingerprint density at radius 2 is 1.79 bits per heavy atom. The maximum atomic E-state index is 6.02. The Labute approximate surface area is 119 Å². The van der Waals surface area contributed by atoms with E-state index >= 15 is 0 Å². The molecular formula is C13H20ClN5. The lowest BCUT2D eigenvalue weighted by Crippen LogP contribution is -2.43. The molecular weight excluding hydrogens is 262 g/mol. The summed E-state index contributed by atoms with van der Waals surface area (Å²) in [5.41, 5.74) is 0. The molecule has 0 radical (unpaired) electrons. The Kier molecular flexibility index (Phi) is 3.48. The molecule has 19 heavy (non-hydrogen) atoms. The number of aromatic nitrogens is 3. The van der Waals surface area contributed by atoms with Crippen LogP contribution in [0.3, 0.4) is 0 Å². The number of rotatable bonds is 2. The Bertz CT molecular complexity index is 452. The molecule has 2 atom stereocenters. The van der Waals surface area contributed by atoms with Gasteiger partial charge < -0.3 is 9.80 Å². The van der Waals surface area contributed by atoms with Crippen LogP contribution in [0.1, 0.15) is 25.7 Å². The standard InChI is InChI=1S/C13H20ClN5/c1-18(2)12-15-11(14)16-13(17-12)19-7-9-4-3-5-10(6-9)8-19/h9-10H,3-8H2,1-2H3. The lowest BCUT2D eigenvalue weighted by atomic mass is 9.78. The fraction of sp³-hybridized carbons (Fsp3) is 0.769. The first-order valence-electron chi connectivity index (χ1n) is 6.95. The molecule has 1 saturated carbocycles. The first kappa shape index (κ1) is 12.9. The summed E-state index contributed by atoms with van der Waals surface area (Å²) in [6, 6.07) is 0. The van der Waals surface area contributed by atoms with Crippen LogP contribution in [0.15, 0.2) is 0 Å². The third kappa shape index (κ3) is 2.76. The third-order valence-corrected chi connectivity index (χ3v) is 4.28. The van der Waals surface area contributed by atoms with Crippen molar-refractivity contribution in [3.05, 3.63) is 5.28 Å². The molecule has 6 heteroatoms. The number of hydrogen-bond acceptors (Lipinski definition) is 5. The monoisotopic (exact) mass is 281 g/mol. The van der Waals surface area contributed by atoms with Gasteiger partial charge >= 0.3 is 0 Å². The van der Waals surface area contributed by atoms with Gasteiger partial charge in [0.05, 0.1) is 0 Å². The predicted molar refractivity (Wildman–Crippen MR) is 76.8 cm³/mol. The van der Waals surface area contributed by atoms with Crippen LogP contribution in [-0.4, -0.2) is 42.1 Å². The summed E-state index contributed by atoms with van der Waals surface area (Å²) in [5, 5.41) is 0.282. The van der Waals surface area contributed by atoms with Gasteiger partial charge in [0.15, 0.2) is 0 Å².